The fourth-order valence-corrected chi connectivity index (χ4v) is 5.55. The Morgan fingerprint density at radius 3 is 3.07 bits per heavy atom. The lowest BCUT2D eigenvalue weighted by molar-refractivity contribution is 0.0177. The van der Waals surface area contributed by atoms with Gasteiger partial charge in [0.05, 0.1) is 12.3 Å². The van der Waals surface area contributed by atoms with E-state index in [2.05, 4.69) is 39.3 Å². The molecular weight excluding hydrogens is 338 g/mol. The van der Waals surface area contributed by atoms with Crippen LogP contribution >= 0.6 is 0 Å². The van der Waals surface area contributed by atoms with Gasteiger partial charge in [0, 0.05) is 32.5 Å². The molecule has 0 aromatic carbocycles. The van der Waals surface area contributed by atoms with Crippen LogP contribution < -0.4 is 21.3 Å². The summed E-state index contributed by atoms with van der Waals surface area (Å²) >= 11 is 0. The quantitative estimate of drug-likeness (QED) is 0.552. The molecule has 3 heterocycles. The van der Waals surface area contributed by atoms with E-state index < -0.39 is 0 Å². The Morgan fingerprint density at radius 2 is 2.22 bits per heavy atom. The highest BCUT2D eigenvalue weighted by Gasteiger charge is 2.43. The Kier molecular flexibility index (Phi) is 6.10. The van der Waals surface area contributed by atoms with Gasteiger partial charge >= 0.3 is 0 Å². The second kappa shape index (κ2) is 8.89. The van der Waals surface area contributed by atoms with Gasteiger partial charge in [0.15, 0.2) is 0 Å². The highest BCUT2D eigenvalue weighted by molar-refractivity contribution is 5.15. The molecule has 7 unspecified atom stereocenters. The first kappa shape index (κ1) is 18.5. The Balaban J connectivity index is 1.43. The van der Waals surface area contributed by atoms with E-state index in [0.717, 1.165) is 26.0 Å². The lowest BCUT2D eigenvalue weighted by atomic mass is 9.72. The van der Waals surface area contributed by atoms with Crippen LogP contribution in [0.2, 0.25) is 0 Å². The van der Waals surface area contributed by atoms with Crippen LogP contribution in [0.3, 0.4) is 0 Å². The van der Waals surface area contributed by atoms with Gasteiger partial charge in [0.1, 0.15) is 6.29 Å². The van der Waals surface area contributed by atoms with Crippen molar-refractivity contribution in [2.24, 2.45) is 11.8 Å². The summed E-state index contributed by atoms with van der Waals surface area (Å²) in [7, 11) is 4.22. The van der Waals surface area contributed by atoms with Crippen LogP contribution in [0.1, 0.15) is 46.8 Å². The number of rotatable bonds is 4. The molecule has 0 spiro atoms. The molecule has 4 aliphatic rings. The van der Waals surface area contributed by atoms with E-state index in [-0.39, 0.29) is 18.5 Å². The van der Waals surface area contributed by atoms with Crippen molar-refractivity contribution in [1.29, 1.82) is 0 Å². The van der Waals surface area contributed by atoms with Crippen LogP contribution in [0, 0.1) is 11.8 Å². The van der Waals surface area contributed by atoms with Crippen LogP contribution in [-0.2, 0) is 4.74 Å². The lowest BCUT2D eigenvalue weighted by Crippen LogP contribution is -2.68. The first-order valence-corrected chi connectivity index (χ1v) is 10.9. The van der Waals surface area contributed by atoms with Crippen LogP contribution in [-0.4, -0.2) is 69.3 Å². The maximum Gasteiger partial charge on any atom is 0.113 e. The molecule has 3 fully saturated rings. The number of likely N-dealkylation sites (N-methyl/N-ethyl adjacent to an activating group) is 1. The molecule has 0 aromatic rings. The van der Waals surface area contributed by atoms with E-state index in [1.54, 1.807) is 5.57 Å². The number of nitrogens with zero attached hydrogens (tertiary/aromatic N) is 1. The van der Waals surface area contributed by atoms with E-state index in [0.29, 0.717) is 30.9 Å². The molecule has 4 rings (SSSR count). The second-order valence-electron chi connectivity index (χ2n) is 9.01. The summed E-state index contributed by atoms with van der Waals surface area (Å²) in [6, 6.07) is 0.722. The van der Waals surface area contributed by atoms with Gasteiger partial charge in [0.25, 0.3) is 0 Å². The third kappa shape index (κ3) is 4.74. The van der Waals surface area contributed by atoms with Crippen LogP contribution in [0.25, 0.3) is 0 Å². The van der Waals surface area contributed by atoms with Crippen molar-refractivity contribution in [1.82, 2.24) is 26.2 Å². The fraction of sp³-hybridized carbons (Fsp3) is 0.905. The van der Waals surface area contributed by atoms with Crippen molar-refractivity contribution < 1.29 is 6.11 Å². The molecule has 1 aliphatic carbocycles. The molecule has 0 bridgehead atoms. The smallest absolute Gasteiger partial charge is 0.113 e. The van der Waals surface area contributed by atoms with Gasteiger partial charge in [-0.3, -0.25) is 16.0 Å². The number of hydrogen-bond donors (Lipinski definition) is 4. The van der Waals surface area contributed by atoms with Gasteiger partial charge in [-0.1, -0.05) is 11.6 Å². The molecule has 0 amide bonds. The van der Waals surface area contributed by atoms with E-state index >= 15 is 0 Å². The van der Waals surface area contributed by atoms with Crippen molar-refractivity contribution in [2.45, 2.75) is 76.1 Å². The number of hydrogen-bond acceptors (Lipinski definition) is 6. The first-order valence-electron chi connectivity index (χ1n) is 11.6. The molecule has 3 aliphatic heterocycles. The van der Waals surface area contributed by atoms with Crippen molar-refractivity contribution in [2.75, 3.05) is 33.8 Å². The summed E-state index contributed by atoms with van der Waals surface area (Å²) in [4.78, 5) is 2.42. The zero-order chi connectivity index (χ0) is 19.5. The molecule has 6 heteroatoms. The van der Waals surface area contributed by atoms with Gasteiger partial charge < -0.3 is 15.0 Å². The molecule has 1 saturated carbocycles. The van der Waals surface area contributed by atoms with E-state index in [4.69, 9.17) is 6.11 Å². The summed E-state index contributed by atoms with van der Waals surface area (Å²) in [6.45, 7) is 3.61. The fourth-order valence-electron chi connectivity index (χ4n) is 5.55. The maximum absolute atomic E-state index is 7.80. The highest BCUT2D eigenvalue weighted by atomic mass is 16.5. The van der Waals surface area contributed by atoms with Gasteiger partial charge in [-0.15, -0.1) is 0 Å². The maximum atomic E-state index is 7.80. The van der Waals surface area contributed by atoms with E-state index in [1.807, 2.05) is 7.05 Å². The summed E-state index contributed by atoms with van der Waals surface area (Å²) < 4.78 is 14.0. The highest BCUT2D eigenvalue weighted by Crippen LogP contribution is 2.42. The lowest BCUT2D eigenvalue weighted by Gasteiger charge is -2.43. The van der Waals surface area contributed by atoms with Crippen LogP contribution in [0.5, 0.6) is 0 Å². The third-order valence-corrected chi connectivity index (χ3v) is 6.97. The van der Waals surface area contributed by atoms with Gasteiger partial charge in [-0.05, 0) is 72.0 Å². The van der Waals surface area contributed by atoms with Crippen LogP contribution in [0.15, 0.2) is 11.6 Å². The van der Waals surface area contributed by atoms with Crippen molar-refractivity contribution >= 4 is 0 Å². The average Bonchev–Trinajstić information content (AvgIpc) is 3.07. The normalized spacial score (nSPS) is 44.3. The topological polar surface area (TPSA) is 60.6 Å². The number of fused-ring (bicyclic) bond motifs is 1. The predicted octanol–water partition coefficient (Wildman–Crippen LogP) is 1.21. The Labute approximate surface area is 166 Å². The minimum Gasteiger partial charge on any atom is -0.377 e. The van der Waals surface area contributed by atoms with Crippen molar-refractivity contribution in [3.8, 4) is 0 Å². The molecule has 27 heavy (non-hydrogen) atoms. The molecule has 7 atom stereocenters. The third-order valence-electron chi connectivity index (χ3n) is 6.97. The average molecular weight is 379 g/mol. The molecule has 2 saturated heterocycles. The van der Waals surface area contributed by atoms with E-state index in [9.17, 15) is 0 Å². The standard InChI is InChI=1S/C21H39N5O/c1-14-11-19(22-2)25-21(23-14)24-17-12-16-7-10-27-20(16)18(13-17)15-5-4-8-26(3)9-6-15/h6,14,16-25H,4-5,7-13H2,1-3H3/i1D. The van der Waals surface area contributed by atoms with E-state index in [1.165, 1.54) is 32.2 Å². The largest absolute Gasteiger partial charge is 0.377 e. The molecular formula is C21H39N5O. The molecule has 154 valence electrons. The molecule has 6 nitrogen and oxygen atoms in total. The summed E-state index contributed by atoms with van der Waals surface area (Å²) in [5, 5.41) is 14.4. The van der Waals surface area contributed by atoms with Gasteiger partial charge in [0.2, 0.25) is 0 Å². The minimum atomic E-state index is 0.0697. The number of nitrogens with one attached hydrogen (secondary N) is 4. The zero-order valence-electron chi connectivity index (χ0n) is 18.0. The summed E-state index contributed by atoms with van der Waals surface area (Å²) in [5.74, 6) is 1.23. The summed E-state index contributed by atoms with van der Waals surface area (Å²) in [6.07, 6.45) is 10.2. The second-order valence-corrected chi connectivity index (χ2v) is 9.01. The van der Waals surface area contributed by atoms with Gasteiger partial charge in [-0.25, -0.2) is 0 Å². The summed E-state index contributed by atoms with van der Waals surface area (Å²) in [5.41, 5.74) is 1.63. The molecule has 4 N–H and O–H groups in total. The molecule has 0 radical (unpaired) electrons. The Bertz CT molecular complexity index is 535. The van der Waals surface area contributed by atoms with Crippen LogP contribution in [0.4, 0.5) is 0 Å². The Hall–Kier alpha value is -0.500. The zero-order valence-corrected chi connectivity index (χ0v) is 17.0. The molecule has 0 aromatic heterocycles. The SMILES string of the molecule is [2H]CC1CC(NC)NC(NC2CC3CCOC3C(C3=CCN(C)CCC3)C2)N1. The van der Waals surface area contributed by atoms with Gasteiger partial charge in [-0.2, -0.15) is 0 Å². The Morgan fingerprint density at radius 1 is 1.30 bits per heavy atom. The number of ether oxygens (including phenoxy) is 1. The van der Waals surface area contributed by atoms with Crippen molar-refractivity contribution in [3.05, 3.63) is 11.6 Å². The van der Waals surface area contributed by atoms with Crippen molar-refractivity contribution in [3.63, 3.8) is 0 Å². The first-order chi connectivity index (χ1) is 13.7. The minimum absolute atomic E-state index is 0.0697. The predicted molar refractivity (Wildman–Crippen MR) is 109 cm³/mol. The monoisotopic (exact) mass is 378 g/mol.